The molecule has 0 aliphatic carbocycles. The van der Waals surface area contributed by atoms with Crippen molar-refractivity contribution in [2.45, 2.75) is 0 Å². The monoisotopic (exact) mass is 295 g/mol. The lowest BCUT2D eigenvalue weighted by Gasteiger charge is -2.16. The van der Waals surface area contributed by atoms with Crippen LogP contribution in [0.15, 0.2) is 12.1 Å². The van der Waals surface area contributed by atoms with E-state index in [0.29, 0.717) is 12.1 Å². The molecular formula is C11H12F3NO3S. The van der Waals surface area contributed by atoms with Gasteiger partial charge in [0.1, 0.15) is 9.84 Å². The van der Waals surface area contributed by atoms with Crippen LogP contribution in [0.4, 0.5) is 13.2 Å². The summed E-state index contributed by atoms with van der Waals surface area (Å²) >= 11 is 0. The van der Waals surface area contributed by atoms with Crippen LogP contribution in [0.25, 0.3) is 0 Å². The number of benzene rings is 1. The van der Waals surface area contributed by atoms with E-state index in [0.717, 1.165) is 11.2 Å². The number of carbonyl (C=O) groups excluding carboxylic acids is 1. The fraction of sp³-hybridized carbons (Fsp3) is 0.364. The minimum atomic E-state index is -3.26. The smallest absolute Gasteiger partial charge is 0.253 e. The van der Waals surface area contributed by atoms with Crippen molar-refractivity contribution in [2.75, 3.05) is 25.6 Å². The molecule has 0 N–H and O–H groups in total. The zero-order valence-corrected chi connectivity index (χ0v) is 11.1. The highest BCUT2D eigenvalue weighted by Gasteiger charge is 2.18. The summed E-state index contributed by atoms with van der Waals surface area (Å²) in [7, 11) is -1.98. The Hall–Kier alpha value is -1.57. The molecule has 0 saturated heterocycles. The fourth-order valence-corrected chi connectivity index (χ4v) is 1.91. The maximum Gasteiger partial charge on any atom is 0.253 e. The molecular weight excluding hydrogens is 283 g/mol. The van der Waals surface area contributed by atoms with Crippen LogP contribution in [0.3, 0.4) is 0 Å². The number of hydrogen-bond donors (Lipinski definition) is 0. The Morgan fingerprint density at radius 2 is 1.68 bits per heavy atom. The van der Waals surface area contributed by atoms with Crippen molar-refractivity contribution < 1.29 is 26.4 Å². The van der Waals surface area contributed by atoms with Gasteiger partial charge in [-0.15, -0.1) is 0 Å². The number of sulfone groups is 1. The summed E-state index contributed by atoms with van der Waals surface area (Å²) in [5, 5.41) is 0. The highest BCUT2D eigenvalue weighted by atomic mass is 32.2. The first-order chi connectivity index (χ1) is 8.61. The van der Waals surface area contributed by atoms with E-state index in [1.54, 1.807) is 0 Å². The van der Waals surface area contributed by atoms with Gasteiger partial charge in [0.15, 0.2) is 17.5 Å². The maximum atomic E-state index is 13.0. The van der Waals surface area contributed by atoms with Gasteiger partial charge in [-0.2, -0.15) is 0 Å². The fourth-order valence-electron chi connectivity index (χ4n) is 1.30. The summed E-state index contributed by atoms with van der Waals surface area (Å²) in [5.74, 6) is -5.67. The van der Waals surface area contributed by atoms with Gasteiger partial charge in [-0.25, -0.2) is 21.6 Å². The first-order valence-corrected chi connectivity index (χ1v) is 7.25. The van der Waals surface area contributed by atoms with Crippen molar-refractivity contribution >= 4 is 15.7 Å². The van der Waals surface area contributed by atoms with Gasteiger partial charge in [-0.3, -0.25) is 4.79 Å². The van der Waals surface area contributed by atoms with Gasteiger partial charge in [0.2, 0.25) is 0 Å². The highest BCUT2D eigenvalue weighted by Crippen LogP contribution is 2.14. The Bertz CT molecular complexity index is 578. The summed E-state index contributed by atoms with van der Waals surface area (Å²) in [5.41, 5.74) is -0.382. The van der Waals surface area contributed by atoms with E-state index in [4.69, 9.17) is 0 Å². The first-order valence-electron chi connectivity index (χ1n) is 5.19. The number of amides is 1. The molecule has 1 aromatic rings. The molecule has 1 amide bonds. The van der Waals surface area contributed by atoms with Gasteiger partial charge in [0, 0.05) is 25.4 Å². The van der Waals surface area contributed by atoms with Crippen LogP contribution >= 0.6 is 0 Å². The molecule has 19 heavy (non-hydrogen) atoms. The minimum Gasteiger partial charge on any atom is -0.341 e. The highest BCUT2D eigenvalue weighted by molar-refractivity contribution is 7.90. The Morgan fingerprint density at radius 3 is 2.11 bits per heavy atom. The zero-order valence-electron chi connectivity index (χ0n) is 10.3. The van der Waals surface area contributed by atoms with Crippen molar-refractivity contribution in [3.05, 3.63) is 35.1 Å². The molecule has 0 bridgehead atoms. The minimum absolute atomic E-state index is 0.127. The lowest BCUT2D eigenvalue weighted by molar-refractivity contribution is 0.0802. The topological polar surface area (TPSA) is 54.5 Å². The van der Waals surface area contributed by atoms with Crippen LogP contribution in [0, 0.1) is 17.5 Å². The third-order valence-electron chi connectivity index (χ3n) is 2.37. The van der Waals surface area contributed by atoms with Gasteiger partial charge in [-0.05, 0) is 12.1 Å². The average molecular weight is 295 g/mol. The Kier molecular flexibility index (Phi) is 4.56. The van der Waals surface area contributed by atoms with Crippen molar-refractivity contribution in [1.29, 1.82) is 0 Å². The quantitative estimate of drug-likeness (QED) is 0.785. The van der Waals surface area contributed by atoms with Crippen molar-refractivity contribution in [1.82, 2.24) is 4.90 Å². The summed E-state index contributed by atoms with van der Waals surface area (Å²) in [6.45, 7) is -0.127. The molecule has 0 radical (unpaired) electrons. The molecule has 0 heterocycles. The Morgan fingerprint density at radius 1 is 1.21 bits per heavy atom. The van der Waals surface area contributed by atoms with Crippen LogP contribution in [-0.4, -0.2) is 44.8 Å². The summed E-state index contributed by atoms with van der Waals surface area (Å²) < 4.78 is 60.5. The molecule has 0 aliphatic heterocycles. The normalized spacial score (nSPS) is 11.4. The number of halogens is 3. The van der Waals surface area contributed by atoms with Crippen LogP contribution < -0.4 is 0 Å². The van der Waals surface area contributed by atoms with Crippen molar-refractivity contribution in [3.63, 3.8) is 0 Å². The molecule has 0 atom stereocenters. The van der Waals surface area contributed by atoms with Gasteiger partial charge in [-0.1, -0.05) is 0 Å². The summed E-state index contributed by atoms with van der Waals surface area (Å²) in [6, 6.07) is 1.13. The number of hydrogen-bond acceptors (Lipinski definition) is 3. The van der Waals surface area contributed by atoms with E-state index in [1.807, 2.05) is 0 Å². The van der Waals surface area contributed by atoms with E-state index in [1.165, 1.54) is 7.05 Å². The second kappa shape index (κ2) is 5.60. The molecule has 0 aromatic heterocycles. The number of carbonyl (C=O) groups is 1. The van der Waals surface area contributed by atoms with Crippen LogP contribution in [-0.2, 0) is 9.84 Å². The molecule has 0 spiro atoms. The molecule has 0 unspecified atom stereocenters. The molecule has 106 valence electrons. The third kappa shape index (κ3) is 4.23. The van der Waals surface area contributed by atoms with Gasteiger partial charge >= 0.3 is 0 Å². The predicted octanol–water partition coefficient (Wildman–Crippen LogP) is 1.22. The molecule has 0 fully saturated rings. The SMILES string of the molecule is CN(CCS(C)(=O)=O)C(=O)c1cc(F)c(F)c(F)c1. The molecule has 8 heteroatoms. The molecule has 1 aromatic carbocycles. The van der Waals surface area contributed by atoms with E-state index in [9.17, 15) is 26.4 Å². The standard InChI is InChI=1S/C11H12F3NO3S/c1-15(3-4-19(2,17)18)11(16)7-5-8(12)10(14)9(13)6-7/h5-6H,3-4H2,1-2H3. The van der Waals surface area contributed by atoms with Crippen LogP contribution in [0.1, 0.15) is 10.4 Å². The largest absolute Gasteiger partial charge is 0.341 e. The molecule has 1 rings (SSSR count). The molecule has 4 nitrogen and oxygen atoms in total. The van der Waals surface area contributed by atoms with Gasteiger partial charge < -0.3 is 4.90 Å². The second-order valence-corrected chi connectivity index (χ2v) is 6.37. The van der Waals surface area contributed by atoms with E-state index in [2.05, 4.69) is 0 Å². The second-order valence-electron chi connectivity index (χ2n) is 4.11. The third-order valence-corrected chi connectivity index (χ3v) is 3.30. The van der Waals surface area contributed by atoms with E-state index >= 15 is 0 Å². The lowest BCUT2D eigenvalue weighted by Crippen LogP contribution is -2.31. The Labute approximate surface area is 108 Å². The van der Waals surface area contributed by atoms with E-state index < -0.39 is 33.2 Å². The van der Waals surface area contributed by atoms with Gasteiger partial charge in [0.25, 0.3) is 5.91 Å². The molecule has 0 saturated carbocycles. The summed E-state index contributed by atoms with van der Waals surface area (Å²) in [6.07, 6.45) is 1.00. The lowest BCUT2D eigenvalue weighted by atomic mass is 10.2. The number of rotatable bonds is 4. The summed E-state index contributed by atoms with van der Waals surface area (Å²) in [4.78, 5) is 12.7. The van der Waals surface area contributed by atoms with Gasteiger partial charge in [0.05, 0.1) is 5.75 Å². The van der Waals surface area contributed by atoms with Crippen molar-refractivity contribution in [2.24, 2.45) is 0 Å². The average Bonchev–Trinajstić information content (AvgIpc) is 2.30. The first kappa shape index (κ1) is 15.5. The van der Waals surface area contributed by atoms with E-state index in [-0.39, 0.29) is 17.9 Å². The molecule has 0 aliphatic rings. The van der Waals surface area contributed by atoms with Crippen molar-refractivity contribution in [3.8, 4) is 0 Å². The number of nitrogens with zero attached hydrogens (tertiary/aromatic N) is 1. The van der Waals surface area contributed by atoms with Crippen LogP contribution in [0.5, 0.6) is 0 Å². The van der Waals surface area contributed by atoms with Crippen LogP contribution in [0.2, 0.25) is 0 Å². The zero-order chi connectivity index (χ0) is 14.8. The maximum absolute atomic E-state index is 13.0. The Balaban J connectivity index is 2.89. The predicted molar refractivity (Wildman–Crippen MR) is 63.0 cm³/mol.